The van der Waals surface area contributed by atoms with Crippen LogP contribution >= 0.6 is 0 Å². The number of carbonyl (C=O) groups excluding carboxylic acids is 2. The minimum Gasteiger partial charge on any atom is -0.375 e. The molecule has 39 heavy (non-hydrogen) atoms. The first-order valence-corrected chi connectivity index (χ1v) is 13.0. The van der Waals surface area contributed by atoms with Gasteiger partial charge in [-0.3, -0.25) is 9.20 Å². The number of amides is 2. The molecular weight excluding hydrogens is 509 g/mol. The molecule has 0 unspecified atom stereocenters. The van der Waals surface area contributed by atoms with Gasteiger partial charge in [0.2, 0.25) is 0 Å². The quantitative estimate of drug-likeness (QED) is 0.420. The first-order chi connectivity index (χ1) is 18.8. The Balaban J connectivity index is 1.30. The van der Waals surface area contributed by atoms with Crippen LogP contribution in [-0.4, -0.2) is 67.7 Å². The molecule has 0 spiro atoms. The van der Waals surface area contributed by atoms with Crippen LogP contribution < -0.4 is 5.32 Å². The number of halogens is 3. The number of nitrogens with zero attached hydrogens (tertiary/aromatic N) is 5. The van der Waals surface area contributed by atoms with Gasteiger partial charge in [-0.2, -0.15) is 0 Å². The number of likely N-dealkylation sites (tertiary alicyclic amines) is 1. The van der Waals surface area contributed by atoms with Crippen molar-refractivity contribution in [3.8, 4) is 0 Å². The highest BCUT2D eigenvalue weighted by Crippen LogP contribution is 2.38. The van der Waals surface area contributed by atoms with E-state index >= 15 is 4.39 Å². The Labute approximate surface area is 221 Å². The third-order valence-corrected chi connectivity index (χ3v) is 7.92. The number of rotatable bonds is 2. The summed E-state index contributed by atoms with van der Waals surface area (Å²) in [5, 5.41) is 3.81. The Morgan fingerprint density at radius 2 is 1.87 bits per heavy atom. The molecule has 3 aliphatic rings. The number of piperidine rings is 1. The summed E-state index contributed by atoms with van der Waals surface area (Å²) in [7, 11) is 0. The van der Waals surface area contributed by atoms with Gasteiger partial charge < -0.3 is 19.7 Å². The highest BCUT2D eigenvalue weighted by Gasteiger charge is 2.37. The number of benzene rings is 1. The fourth-order valence-electron chi connectivity index (χ4n) is 5.99. The standard InChI is InChI=1S/C28H25F3N6O2/c29-18-11-17-15-36(27(39)34-7-4-28(30,31)5-8-34)10-9-35-16-20(19(12-18)26(17)35)24-22(38)14-33-25(24)21-13-32-23-3-1-2-6-37(21)23/h1-3,6,11-13,16,33H,4-5,7-10,14-15H2. The van der Waals surface area contributed by atoms with Crippen LogP contribution in [0.5, 0.6) is 0 Å². The largest absolute Gasteiger partial charge is 0.375 e. The number of alkyl halides is 2. The minimum absolute atomic E-state index is 0.00727. The van der Waals surface area contributed by atoms with Gasteiger partial charge in [-0.15, -0.1) is 0 Å². The van der Waals surface area contributed by atoms with Crippen LogP contribution in [0.1, 0.15) is 29.7 Å². The van der Waals surface area contributed by atoms with Gasteiger partial charge in [0.1, 0.15) is 11.5 Å². The van der Waals surface area contributed by atoms with E-state index in [9.17, 15) is 18.4 Å². The van der Waals surface area contributed by atoms with E-state index in [4.69, 9.17) is 0 Å². The lowest BCUT2D eigenvalue weighted by atomic mass is 9.99. The van der Waals surface area contributed by atoms with Gasteiger partial charge in [0, 0.05) is 68.9 Å². The highest BCUT2D eigenvalue weighted by molar-refractivity contribution is 6.33. The van der Waals surface area contributed by atoms with Crippen molar-refractivity contribution in [1.29, 1.82) is 0 Å². The molecule has 1 N–H and O–H groups in total. The van der Waals surface area contributed by atoms with Crippen LogP contribution in [0.15, 0.2) is 48.9 Å². The Hall–Kier alpha value is -4.28. The lowest BCUT2D eigenvalue weighted by Crippen LogP contribution is -2.49. The SMILES string of the molecule is O=C1CNC(c2cnc3ccccn23)=C1c1cn2c3c(cc(F)cc13)CN(C(=O)N1CCC(F)(F)CC1)CC2. The number of hydrogen-bond acceptors (Lipinski definition) is 4. The van der Waals surface area contributed by atoms with Crippen molar-refractivity contribution in [1.82, 2.24) is 29.1 Å². The number of carbonyl (C=O) groups is 2. The molecule has 8 nitrogen and oxygen atoms in total. The molecule has 0 bridgehead atoms. The summed E-state index contributed by atoms with van der Waals surface area (Å²) in [5.41, 5.74) is 4.59. The molecule has 7 rings (SSSR count). The Kier molecular flexibility index (Phi) is 5.26. The van der Waals surface area contributed by atoms with Crippen molar-refractivity contribution in [3.05, 3.63) is 71.6 Å². The van der Waals surface area contributed by atoms with Gasteiger partial charge in [0.15, 0.2) is 5.78 Å². The molecule has 0 radical (unpaired) electrons. The zero-order valence-corrected chi connectivity index (χ0v) is 21.0. The maximum atomic E-state index is 15.0. The van der Waals surface area contributed by atoms with E-state index in [1.54, 1.807) is 11.1 Å². The van der Waals surface area contributed by atoms with Crippen LogP contribution in [0.3, 0.4) is 0 Å². The molecule has 3 aromatic heterocycles. The molecule has 1 fully saturated rings. The second kappa shape index (κ2) is 8.62. The molecular formula is C28H25F3N6O2. The maximum absolute atomic E-state index is 15.0. The third kappa shape index (κ3) is 3.86. The summed E-state index contributed by atoms with van der Waals surface area (Å²) in [4.78, 5) is 33.9. The predicted molar refractivity (Wildman–Crippen MR) is 138 cm³/mol. The first-order valence-electron chi connectivity index (χ1n) is 13.0. The van der Waals surface area contributed by atoms with Crippen molar-refractivity contribution >= 4 is 39.6 Å². The highest BCUT2D eigenvalue weighted by atomic mass is 19.3. The molecule has 0 saturated carbocycles. The molecule has 1 aromatic carbocycles. The van der Waals surface area contributed by atoms with Crippen LogP contribution in [0, 0.1) is 5.82 Å². The molecule has 200 valence electrons. The van der Waals surface area contributed by atoms with Gasteiger partial charge in [-0.05, 0) is 29.8 Å². The second-order valence-corrected chi connectivity index (χ2v) is 10.3. The Morgan fingerprint density at radius 3 is 2.69 bits per heavy atom. The number of imidazole rings is 1. The summed E-state index contributed by atoms with van der Waals surface area (Å²) in [6.45, 7) is 1.01. The molecule has 2 amide bonds. The number of nitrogens with one attached hydrogen (secondary N) is 1. The van der Waals surface area contributed by atoms with E-state index < -0.39 is 11.7 Å². The lowest BCUT2D eigenvalue weighted by Gasteiger charge is -2.35. The minimum atomic E-state index is -2.75. The fourth-order valence-corrected chi connectivity index (χ4v) is 5.99. The average Bonchev–Trinajstić information content (AvgIpc) is 3.57. The Bertz CT molecular complexity index is 1690. The second-order valence-electron chi connectivity index (χ2n) is 10.3. The van der Waals surface area contributed by atoms with Gasteiger partial charge in [0.05, 0.1) is 35.2 Å². The number of urea groups is 1. The maximum Gasteiger partial charge on any atom is 0.320 e. The summed E-state index contributed by atoms with van der Waals surface area (Å²) >= 11 is 0. The monoisotopic (exact) mass is 534 g/mol. The van der Waals surface area contributed by atoms with E-state index in [0.717, 1.165) is 16.9 Å². The van der Waals surface area contributed by atoms with Crippen LogP contribution in [-0.2, 0) is 17.9 Å². The summed E-state index contributed by atoms with van der Waals surface area (Å²) < 4.78 is 46.2. The zero-order chi connectivity index (χ0) is 26.9. The van der Waals surface area contributed by atoms with Crippen molar-refractivity contribution in [2.24, 2.45) is 0 Å². The van der Waals surface area contributed by atoms with E-state index in [-0.39, 0.29) is 50.8 Å². The molecule has 11 heteroatoms. The van der Waals surface area contributed by atoms with Crippen molar-refractivity contribution in [2.75, 3.05) is 26.2 Å². The summed E-state index contributed by atoms with van der Waals surface area (Å²) in [6, 6.07) is 8.17. The molecule has 3 aliphatic heterocycles. The van der Waals surface area contributed by atoms with Gasteiger partial charge in [0.25, 0.3) is 5.92 Å². The number of aromatic nitrogens is 3. The molecule has 0 atom stereocenters. The van der Waals surface area contributed by atoms with E-state index in [2.05, 4.69) is 10.3 Å². The first kappa shape index (κ1) is 23.8. The number of hydrogen-bond donors (Lipinski definition) is 1. The Morgan fingerprint density at radius 1 is 1.05 bits per heavy atom. The lowest BCUT2D eigenvalue weighted by molar-refractivity contribution is -0.112. The van der Waals surface area contributed by atoms with Crippen molar-refractivity contribution < 1.29 is 22.8 Å². The number of pyridine rings is 1. The van der Waals surface area contributed by atoms with E-state index in [0.29, 0.717) is 40.9 Å². The molecule has 1 saturated heterocycles. The average molecular weight is 535 g/mol. The number of ketones is 1. The molecule has 6 heterocycles. The zero-order valence-electron chi connectivity index (χ0n) is 21.0. The summed E-state index contributed by atoms with van der Waals surface area (Å²) in [5.74, 6) is -3.32. The van der Waals surface area contributed by atoms with E-state index in [1.807, 2.05) is 39.6 Å². The third-order valence-electron chi connectivity index (χ3n) is 7.92. The normalized spacial score (nSPS) is 19.2. The predicted octanol–water partition coefficient (Wildman–Crippen LogP) is 4.14. The van der Waals surface area contributed by atoms with Gasteiger partial charge >= 0.3 is 6.03 Å². The smallest absolute Gasteiger partial charge is 0.320 e. The van der Waals surface area contributed by atoms with Crippen LogP contribution in [0.25, 0.3) is 27.8 Å². The van der Waals surface area contributed by atoms with Gasteiger partial charge in [-0.25, -0.2) is 22.9 Å². The number of Topliss-reactive ketones (excluding diaryl/α,β-unsaturated/α-hetero) is 1. The molecule has 0 aliphatic carbocycles. The van der Waals surface area contributed by atoms with Crippen molar-refractivity contribution in [3.63, 3.8) is 0 Å². The topological polar surface area (TPSA) is 74.9 Å². The fraction of sp³-hybridized carbons (Fsp3) is 0.321. The van der Waals surface area contributed by atoms with Crippen LogP contribution in [0.2, 0.25) is 0 Å². The van der Waals surface area contributed by atoms with Gasteiger partial charge in [-0.1, -0.05) is 6.07 Å². The van der Waals surface area contributed by atoms with E-state index in [1.165, 1.54) is 17.0 Å². The van der Waals surface area contributed by atoms with Crippen molar-refractivity contribution in [2.45, 2.75) is 31.9 Å². The number of fused-ring (bicyclic) bond motifs is 1. The summed E-state index contributed by atoms with van der Waals surface area (Å²) in [6.07, 6.45) is 4.73. The molecule has 4 aromatic rings. The van der Waals surface area contributed by atoms with Crippen LogP contribution in [0.4, 0.5) is 18.0 Å².